The molecular formula is C25H22N4O6S. The van der Waals surface area contributed by atoms with E-state index < -0.39 is 32.4 Å². The summed E-state index contributed by atoms with van der Waals surface area (Å²) in [6, 6.07) is 14.8. The van der Waals surface area contributed by atoms with E-state index >= 15 is 0 Å². The molecule has 11 heteroatoms. The standard InChI is InChI=1S/C25H22N4O6S/c1-13-9-20(21(30)10-14(13)2)28-29-23-22(36(33,34)35)12-16-11-18(7-8-19(16)24(23)31)27-25(32)15-3-5-17(26)6-4-15/h3-12,30-31H,26H2,1-2H3,(H,27,32)(H,33,34,35)/b29-28-. The SMILES string of the molecule is Cc1cc(O)c(/N=N\c2c(S(=O)(=O)O)cc3cc(NC(=O)c4ccc(N)cc4)ccc3c2O)cc1C. The second kappa shape index (κ2) is 9.29. The van der Waals surface area contributed by atoms with Crippen LogP contribution in [-0.4, -0.2) is 29.1 Å². The van der Waals surface area contributed by atoms with Gasteiger partial charge >= 0.3 is 0 Å². The van der Waals surface area contributed by atoms with E-state index in [1.807, 2.05) is 0 Å². The largest absolute Gasteiger partial charge is 0.506 e. The van der Waals surface area contributed by atoms with Gasteiger partial charge in [0.1, 0.15) is 22.0 Å². The highest BCUT2D eigenvalue weighted by molar-refractivity contribution is 7.86. The molecule has 4 aromatic carbocycles. The average Bonchev–Trinajstić information content (AvgIpc) is 2.81. The number of carbonyl (C=O) groups excluding carboxylic acids is 1. The number of nitrogens with zero attached hydrogens (tertiary/aromatic N) is 2. The molecule has 0 bridgehead atoms. The number of carbonyl (C=O) groups is 1. The van der Waals surface area contributed by atoms with Crippen molar-refractivity contribution in [2.45, 2.75) is 18.7 Å². The number of anilines is 2. The lowest BCUT2D eigenvalue weighted by atomic mass is 10.1. The molecule has 0 unspecified atom stereocenters. The first-order valence-electron chi connectivity index (χ1n) is 10.6. The number of amides is 1. The lowest BCUT2D eigenvalue weighted by Gasteiger charge is -2.11. The van der Waals surface area contributed by atoms with Gasteiger partial charge in [0.2, 0.25) is 0 Å². The number of azo groups is 1. The number of rotatable bonds is 5. The summed E-state index contributed by atoms with van der Waals surface area (Å²) in [5, 5.41) is 31.8. The number of phenolic OH excluding ortho intramolecular Hbond substituents is 2. The summed E-state index contributed by atoms with van der Waals surface area (Å²) in [6.07, 6.45) is 0. The fourth-order valence-electron chi connectivity index (χ4n) is 3.53. The maximum Gasteiger partial charge on any atom is 0.296 e. The zero-order chi connectivity index (χ0) is 26.2. The van der Waals surface area contributed by atoms with Gasteiger partial charge in [0.25, 0.3) is 16.0 Å². The quantitative estimate of drug-likeness (QED) is 0.137. The van der Waals surface area contributed by atoms with E-state index in [4.69, 9.17) is 5.73 Å². The van der Waals surface area contributed by atoms with Crippen molar-refractivity contribution < 1.29 is 28.0 Å². The Morgan fingerprint density at radius 1 is 0.917 bits per heavy atom. The molecule has 0 aliphatic heterocycles. The highest BCUT2D eigenvalue weighted by Gasteiger charge is 2.22. The molecule has 0 heterocycles. The average molecular weight is 507 g/mol. The summed E-state index contributed by atoms with van der Waals surface area (Å²) in [4.78, 5) is 11.8. The number of nitrogens with one attached hydrogen (secondary N) is 1. The van der Waals surface area contributed by atoms with Gasteiger partial charge in [0.15, 0.2) is 5.75 Å². The molecular weight excluding hydrogens is 484 g/mol. The van der Waals surface area contributed by atoms with E-state index in [9.17, 15) is 28.0 Å². The first-order chi connectivity index (χ1) is 16.9. The molecule has 0 saturated heterocycles. The molecule has 0 fully saturated rings. The number of hydrogen-bond acceptors (Lipinski definition) is 8. The second-order valence-corrected chi connectivity index (χ2v) is 9.57. The summed E-state index contributed by atoms with van der Waals surface area (Å²) >= 11 is 0. The first kappa shape index (κ1) is 24.6. The smallest absolute Gasteiger partial charge is 0.296 e. The van der Waals surface area contributed by atoms with Crippen molar-refractivity contribution in [3.05, 3.63) is 77.4 Å². The summed E-state index contributed by atoms with van der Waals surface area (Å²) < 4.78 is 34.0. The van der Waals surface area contributed by atoms with Gasteiger partial charge in [-0.2, -0.15) is 8.42 Å². The molecule has 0 atom stereocenters. The third-order valence-electron chi connectivity index (χ3n) is 5.61. The molecule has 0 aromatic heterocycles. The van der Waals surface area contributed by atoms with Crippen LogP contribution in [0.15, 0.2) is 75.8 Å². The molecule has 36 heavy (non-hydrogen) atoms. The maximum absolute atomic E-state index is 12.5. The van der Waals surface area contributed by atoms with E-state index in [1.165, 1.54) is 24.3 Å². The van der Waals surface area contributed by atoms with Crippen LogP contribution in [-0.2, 0) is 10.1 Å². The Labute approximate surface area is 206 Å². The Kier molecular flexibility index (Phi) is 6.35. The van der Waals surface area contributed by atoms with Crippen LogP contribution in [0.1, 0.15) is 21.5 Å². The molecule has 0 aliphatic carbocycles. The third-order valence-corrected chi connectivity index (χ3v) is 6.48. The molecule has 10 nitrogen and oxygen atoms in total. The molecule has 0 saturated carbocycles. The van der Waals surface area contributed by atoms with Crippen LogP contribution in [0.5, 0.6) is 11.5 Å². The monoisotopic (exact) mass is 506 g/mol. The van der Waals surface area contributed by atoms with Crippen LogP contribution < -0.4 is 11.1 Å². The minimum Gasteiger partial charge on any atom is -0.506 e. The molecule has 0 spiro atoms. The summed E-state index contributed by atoms with van der Waals surface area (Å²) in [7, 11) is -4.84. The van der Waals surface area contributed by atoms with Gasteiger partial charge < -0.3 is 21.3 Å². The number of benzene rings is 4. The van der Waals surface area contributed by atoms with Gasteiger partial charge in [-0.25, -0.2) is 0 Å². The number of phenols is 2. The Morgan fingerprint density at radius 3 is 2.25 bits per heavy atom. The molecule has 4 aromatic rings. The van der Waals surface area contributed by atoms with Crippen LogP contribution in [0, 0.1) is 13.8 Å². The predicted molar refractivity (Wildman–Crippen MR) is 136 cm³/mol. The topological polar surface area (TPSA) is 175 Å². The minimum absolute atomic E-state index is 0.0552. The van der Waals surface area contributed by atoms with E-state index in [0.717, 1.165) is 17.2 Å². The van der Waals surface area contributed by atoms with E-state index in [-0.39, 0.29) is 22.2 Å². The lowest BCUT2D eigenvalue weighted by Crippen LogP contribution is -2.11. The number of aryl methyl sites for hydroxylation is 2. The Hall–Kier alpha value is -4.48. The molecule has 6 N–H and O–H groups in total. The van der Waals surface area contributed by atoms with Crippen molar-refractivity contribution in [2.75, 3.05) is 11.1 Å². The molecule has 184 valence electrons. The normalized spacial score (nSPS) is 11.8. The summed E-state index contributed by atoms with van der Waals surface area (Å²) in [5.74, 6) is -1.16. The highest BCUT2D eigenvalue weighted by Crippen LogP contribution is 2.42. The van der Waals surface area contributed by atoms with Crippen LogP contribution in [0.4, 0.5) is 22.7 Å². The van der Waals surface area contributed by atoms with Crippen molar-refractivity contribution in [1.29, 1.82) is 0 Å². The lowest BCUT2D eigenvalue weighted by molar-refractivity contribution is 0.102. The van der Waals surface area contributed by atoms with Crippen molar-refractivity contribution in [3.8, 4) is 11.5 Å². The molecule has 1 amide bonds. The van der Waals surface area contributed by atoms with Crippen molar-refractivity contribution in [2.24, 2.45) is 10.2 Å². The van der Waals surface area contributed by atoms with Gasteiger partial charge in [-0.05, 0) is 91.0 Å². The molecule has 4 rings (SSSR count). The Bertz CT molecular complexity index is 1650. The van der Waals surface area contributed by atoms with E-state index in [1.54, 1.807) is 44.2 Å². The number of nitrogens with two attached hydrogens (primary N) is 1. The number of aromatic hydroxyl groups is 2. The molecule has 0 radical (unpaired) electrons. The van der Waals surface area contributed by atoms with Crippen molar-refractivity contribution >= 4 is 49.5 Å². The van der Waals surface area contributed by atoms with Crippen LogP contribution >= 0.6 is 0 Å². The van der Waals surface area contributed by atoms with Crippen LogP contribution in [0.2, 0.25) is 0 Å². The first-order valence-corrected chi connectivity index (χ1v) is 12.0. The van der Waals surface area contributed by atoms with E-state index in [0.29, 0.717) is 16.9 Å². The number of hydrogen-bond donors (Lipinski definition) is 5. The van der Waals surface area contributed by atoms with Gasteiger partial charge in [-0.15, -0.1) is 10.2 Å². The van der Waals surface area contributed by atoms with Gasteiger partial charge in [0, 0.05) is 22.3 Å². The molecule has 0 aliphatic rings. The fraction of sp³-hybridized carbons (Fsp3) is 0.0800. The third kappa shape index (κ3) is 4.97. The predicted octanol–water partition coefficient (Wildman–Crippen LogP) is 5.36. The van der Waals surface area contributed by atoms with Gasteiger partial charge in [-0.3, -0.25) is 9.35 Å². The highest BCUT2D eigenvalue weighted by atomic mass is 32.2. The number of nitrogen functional groups attached to an aromatic ring is 1. The van der Waals surface area contributed by atoms with E-state index in [2.05, 4.69) is 15.5 Å². The zero-order valence-corrected chi connectivity index (χ0v) is 20.0. The number of fused-ring (bicyclic) bond motifs is 1. The second-order valence-electron chi connectivity index (χ2n) is 8.18. The van der Waals surface area contributed by atoms with Gasteiger partial charge in [0.05, 0.1) is 0 Å². The van der Waals surface area contributed by atoms with Crippen LogP contribution in [0.25, 0.3) is 10.8 Å². The van der Waals surface area contributed by atoms with Crippen molar-refractivity contribution in [1.82, 2.24) is 0 Å². The maximum atomic E-state index is 12.5. The van der Waals surface area contributed by atoms with Gasteiger partial charge in [-0.1, -0.05) is 0 Å². The summed E-state index contributed by atoms with van der Waals surface area (Å²) in [6.45, 7) is 3.60. The minimum atomic E-state index is -4.84. The Balaban J connectivity index is 1.77. The zero-order valence-electron chi connectivity index (χ0n) is 19.2. The van der Waals surface area contributed by atoms with Crippen LogP contribution in [0.3, 0.4) is 0 Å². The fourth-order valence-corrected chi connectivity index (χ4v) is 4.19. The Morgan fingerprint density at radius 2 is 1.58 bits per heavy atom. The van der Waals surface area contributed by atoms with Crippen molar-refractivity contribution in [3.63, 3.8) is 0 Å². The summed E-state index contributed by atoms with van der Waals surface area (Å²) in [5.41, 5.74) is 8.01.